The van der Waals surface area contributed by atoms with Crippen LogP contribution in [0.2, 0.25) is 0 Å². The Morgan fingerprint density at radius 3 is 2.72 bits per heavy atom. The van der Waals surface area contributed by atoms with E-state index >= 15 is 0 Å². The number of aliphatic carboxylic acids is 1. The molecule has 0 radical (unpaired) electrons. The van der Waals surface area contributed by atoms with Gasteiger partial charge in [-0.05, 0) is 25.4 Å². The van der Waals surface area contributed by atoms with Crippen LogP contribution < -0.4 is 5.32 Å². The van der Waals surface area contributed by atoms with Gasteiger partial charge in [0.25, 0.3) is 5.91 Å². The van der Waals surface area contributed by atoms with E-state index in [1.54, 1.807) is 30.4 Å². The van der Waals surface area contributed by atoms with Gasteiger partial charge >= 0.3 is 5.97 Å². The van der Waals surface area contributed by atoms with Gasteiger partial charge in [-0.2, -0.15) is 16.9 Å². The minimum atomic E-state index is -1.01. The Kier molecular flexibility index (Phi) is 5.21. The first-order chi connectivity index (χ1) is 8.47. The summed E-state index contributed by atoms with van der Waals surface area (Å²) in [6, 6.07) is -0.857. The molecule has 1 heterocycles. The number of thioether (sulfide) groups is 1. The molecule has 0 bridgehead atoms. The number of aryl methyl sites for hydroxylation is 1. The predicted molar refractivity (Wildman–Crippen MR) is 69.8 cm³/mol. The maximum absolute atomic E-state index is 11.9. The van der Waals surface area contributed by atoms with Crippen molar-refractivity contribution in [3.05, 3.63) is 17.5 Å². The summed E-state index contributed by atoms with van der Waals surface area (Å²) in [5.41, 5.74) is 1.12. The quantitative estimate of drug-likeness (QED) is 0.794. The molecule has 0 aromatic carbocycles. The van der Waals surface area contributed by atoms with E-state index < -0.39 is 17.9 Å². The topological polar surface area (TPSA) is 84.2 Å². The third-order valence-corrected chi connectivity index (χ3v) is 3.34. The van der Waals surface area contributed by atoms with Gasteiger partial charge in [0.15, 0.2) is 0 Å². The van der Waals surface area contributed by atoms with Crippen molar-refractivity contribution < 1.29 is 14.7 Å². The van der Waals surface area contributed by atoms with Crippen molar-refractivity contribution in [1.82, 2.24) is 15.1 Å². The Balaban J connectivity index is 2.72. The fourth-order valence-electron chi connectivity index (χ4n) is 1.45. The van der Waals surface area contributed by atoms with E-state index in [9.17, 15) is 9.59 Å². The smallest absolute Gasteiger partial charge is 0.326 e. The second-order valence-corrected chi connectivity index (χ2v) is 4.90. The molecule has 100 valence electrons. The number of hydrogen-bond donors (Lipinski definition) is 2. The molecule has 1 aromatic heterocycles. The predicted octanol–water partition coefficient (Wildman–Crippen LogP) is 0.665. The molecule has 1 aromatic rings. The van der Waals surface area contributed by atoms with Crippen LogP contribution in [0.25, 0.3) is 0 Å². The molecule has 1 atom stereocenters. The molecular weight excluding hydrogens is 254 g/mol. The number of carboxylic acid groups (broad SMARTS) is 1. The zero-order valence-electron chi connectivity index (χ0n) is 10.6. The molecule has 1 rings (SSSR count). The largest absolute Gasteiger partial charge is 0.480 e. The summed E-state index contributed by atoms with van der Waals surface area (Å²) in [7, 11) is 1.73. The van der Waals surface area contributed by atoms with Crippen molar-refractivity contribution in [2.75, 3.05) is 12.0 Å². The maximum Gasteiger partial charge on any atom is 0.326 e. The van der Waals surface area contributed by atoms with Crippen molar-refractivity contribution in [1.29, 1.82) is 0 Å². The molecule has 18 heavy (non-hydrogen) atoms. The maximum atomic E-state index is 11.9. The highest BCUT2D eigenvalue weighted by Gasteiger charge is 2.22. The van der Waals surface area contributed by atoms with E-state index in [4.69, 9.17) is 5.11 Å². The highest BCUT2D eigenvalue weighted by Crippen LogP contribution is 2.07. The first-order valence-electron chi connectivity index (χ1n) is 5.48. The van der Waals surface area contributed by atoms with Crippen molar-refractivity contribution >= 4 is 23.6 Å². The van der Waals surface area contributed by atoms with E-state index in [1.807, 2.05) is 6.26 Å². The lowest BCUT2D eigenvalue weighted by Gasteiger charge is -2.13. The first kappa shape index (κ1) is 14.6. The number of carbonyl (C=O) groups is 2. The van der Waals surface area contributed by atoms with Gasteiger partial charge in [-0.15, -0.1) is 0 Å². The molecule has 0 spiro atoms. The van der Waals surface area contributed by atoms with Crippen LogP contribution in [-0.2, 0) is 11.8 Å². The number of rotatable bonds is 6. The summed E-state index contributed by atoms with van der Waals surface area (Å²) >= 11 is 1.55. The summed E-state index contributed by atoms with van der Waals surface area (Å²) in [6.45, 7) is 1.76. The lowest BCUT2D eigenvalue weighted by atomic mass is 10.2. The van der Waals surface area contributed by atoms with Crippen LogP contribution in [0.5, 0.6) is 0 Å². The number of carbonyl (C=O) groups excluding carboxylic acids is 1. The third kappa shape index (κ3) is 3.49. The number of nitrogens with zero attached hydrogens (tertiary/aromatic N) is 2. The molecule has 7 heteroatoms. The average Bonchev–Trinajstić information content (AvgIpc) is 2.65. The van der Waals surface area contributed by atoms with Gasteiger partial charge in [-0.25, -0.2) is 4.79 Å². The first-order valence-corrected chi connectivity index (χ1v) is 6.88. The fourth-order valence-corrected chi connectivity index (χ4v) is 1.92. The molecule has 0 aliphatic heterocycles. The van der Waals surface area contributed by atoms with Gasteiger partial charge in [-0.1, -0.05) is 0 Å². The zero-order valence-corrected chi connectivity index (χ0v) is 11.5. The van der Waals surface area contributed by atoms with Crippen LogP contribution >= 0.6 is 11.8 Å². The standard InChI is InChI=1S/C11H17N3O3S/c1-7-8(6-12-14(7)2)10(15)13-9(11(16)17)4-5-18-3/h6,9H,4-5H2,1-3H3,(H,13,15)(H,16,17)/t9-/m1/s1. The van der Waals surface area contributed by atoms with Crippen LogP contribution in [0.3, 0.4) is 0 Å². The summed E-state index contributed by atoms with van der Waals surface area (Å²) in [4.78, 5) is 22.9. The van der Waals surface area contributed by atoms with Crippen molar-refractivity contribution in [3.63, 3.8) is 0 Å². The van der Waals surface area contributed by atoms with Crippen LogP contribution in [0.15, 0.2) is 6.20 Å². The fraction of sp³-hybridized carbons (Fsp3) is 0.545. The van der Waals surface area contributed by atoms with Crippen LogP contribution in [0, 0.1) is 6.92 Å². The molecule has 6 nitrogen and oxygen atoms in total. The summed E-state index contributed by atoms with van der Waals surface area (Å²) in [5, 5.41) is 15.5. The lowest BCUT2D eigenvalue weighted by Crippen LogP contribution is -2.41. The third-order valence-electron chi connectivity index (χ3n) is 2.69. The SMILES string of the molecule is CSCC[C@@H](NC(=O)c1cnn(C)c1C)C(=O)O. The van der Waals surface area contributed by atoms with E-state index in [1.165, 1.54) is 6.20 Å². The highest BCUT2D eigenvalue weighted by molar-refractivity contribution is 7.98. The minimum Gasteiger partial charge on any atom is -0.480 e. The number of hydrogen-bond acceptors (Lipinski definition) is 4. The highest BCUT2D eigenvalue weighted by atomic mass is 32.2. The molecule has 0 unspecified atom stereocenters. The van der Waals surface area contributed by atoms with Gasteiger partial charge in [0.1, 0.15) is 6.04 Å². The van der Waals surface area contributed by atoms with Gasteiger partial charge in [0.2, 0.25) is 0 Å². The van der Waals surface area contributed by atoms with Crippen molar-refractivity contribution in [2.45, 2.75) is 19.4 Å². The monoisotopic (exact) mass is 271 g/mol. The second-order valence-electron chi connectivity index (χ2n) is 3.91. The summed E-state index contributed by atoms with van der Waals surface area (Å²) in [5.74, 6) is -0.725. The van der Waals surface area contributed by atoms with Gasteiger partial charge in [-0.3, -0.25) is 9.48 Å². The minimum absolute atomic E-state index is 0.394. The van der Waals surface area contributed by atoms with Crippen molar-refractivity contribution in [3.8, 4) is 0 Å². The molecular formula is C11H17N3O3S. The normalized spacial score (nSPS) is 12.2. The Hall–Kier alpha value is -1.50. The molecule has 0 aliphatic rings. The summed E-state index contributed by atoms with van der Waals surface area (Å²) < 4.78 is 1.58. The molecule has 0 saturated heterocycles. The molecule has 1 amide bonds. The zero-order chi connectivity index (χ0) is 13.7. The van der Waals surface area contributed by atoms with Crippen LogP contribution in [0.4, 0.5) is 0 Å². The number of carboxylic acids is 1. The average molecular weight is 271 g/mol. The van der Waals surface area contributed by atoms with Gasteiger partial charge < -0.3 is 10.4 Å². The molecule has 0 fully saturated rings. The van der Waals surface area contributed by atoms with E-state index in [-0.39, 0.29) is 0 Å². The van der Waals surface area contributed by atoms with E-state index in [0.717, 1.165) is 0 Å². The van der Waals surface area contributed by atoms with E-state index in [0.29, 0.717) is 23.4 Å². The van der Waals surface area contributed by atoms with Crippen LogP contribution in [0.1, 0.15) is 22.5 Å². The Bertz CT molecular complexity index is 445. The van der Waals surface area contributed by atoms with Gasteiger partial charge in [0, 0.05) is 12.7 Å². The summed E-state index contributed by atoms with van der Waals surface area (Å²) in [6.07, 6.45) is 3.74. The Labute approximate surface area is 110 Å². The van der Waals surface area contributed by atoms with Gasteiger partial charge in [0.05, 0.1) is 11.8 Å². The molecule has 0 saturated carbocycles. The molecule has 0 aliphatic carbocycles. The van der Waals surface area contributed by atoms with Crippen LogP contribution in [-0.4, -0.2) is 44.8 Å². The number of amides is 1. The van der Waals surface area contributed by atoms with E-state index in [2.05, 4.69) is 10.4 Å². The Morgan fingerprint density at radius 1 is 1.61 bits per heavy atom. The number of nitrogens with one attached hydrogen (secondary N) is 1. The van der Waals surface area contributed by atoms with Crippen molar-refractivity contribution in [2.24, 2.45) is 7.05 Å². The Morgan fingerprint density at radius 2 is 2.28 bits per heavy atom. The number of aromatic nitrogens is 2. The molecule has 2 N–H and O–H groups in total. The second kappa shape index (κ2) is 6.44. The lowest BCUT2D eigenvalue weighted by molar-refractivity contribution is -0.139.